The van der Waals surface area contributed by atoms with E-state index in [-0.39, 0.29) is 11.8 Å². The Morgan fingerprint density at radius 2 is 1.64 bits per heavy atom. The van der Waals surface area contributed by atoms with E-state index in [1.54, 1.807) is 0 Å². The van der Waals surface area contributed by atoms with E-state index < -0.39 is 21.3 Å². The summed E-state index contributed by atoms with van der Waals surface area (Å²) in [5, 5.41) is 2.79. The Morgan fingerprint density at radius 1 is 1.16 bits per heavy atom. The molecule has 25 heavy (non-hydrogen) atoms. The second-order valence-corrected chi connectivity index (χ2v) is 9.61. The van der Waals surface area contributed by atoms with Crippen LogP contribution in [0.25, 0.3) is 0 Å². The Bertz CT molecular complexity index is 727. The van der Waals surface area contributed by atoms with Crippen molar-refractivity contribution >= 4 is 33.3 Å². The van der Waals surface area contributed by atoms with E-state index >= 15 is 0 Å². The summed E-state index contributed by atoms with van der Waals surface area (Å²) in [5.41, 5.74) is 2.40. The van der Waals surface area contributed by atoms with Crippen LogP contribution in [-0.4, -0.2) is 44.7 Å². The zero-order valence-electron chi connectivity index (χ0n) is 15.3. The third kappa shape index (κ3) is 4.65. The lowest BCUT2D eigenvalue weighted by molar-refractivity contribution is 0.229. The molecule has 0 bridgehead atoms. The lowest BCUT2D eigenvalue weighted by atomic mass is 9.92. The molecule has 0 aliphatic carbocycles. The smallest absolute Gasteiger partial charge is 0.307 e. The topological polar surface area (TPSA) is 78.5 Å². The number of rotatable bonds is 5. The number of nitrogens with one attached hydrogen (secondary N) is 2. The van der Waals surface area contributed by atoms with E-state index in [4.69, 9.17) is 11.6 Å². The predicted molar refractivity (Wildman–Crippen MR) is 102 cm³/mol. The molecule has 1 fully saturated rings. The quantitative estimate of drug-likeness (QED) is 0.812. The fourth-order valence-electron chi connectivity index (χ4n) is 2.89. The van der Waals surface area contributed by atoms with Gasteiger partial charge in [-0.25, -0.2) is 17.9 Å². The van der Waals surface area contributed by atoms with Crippen molar-refractivity contribution in [3.05, 3.63) is 28.3 Å². The summed E-state index contributed by atoms with van der Waals surface area (Å²) in [6.07, 6.45) is 0. The van der Waals surface area contributed by atoms with Crippen molar-refractivity contribution in [3.8, 4) is 0 Å². The van der Waals surface area contributed by atoms with Gasteiger partial charge in [-0.3, -0.25) is 0 Å². The van der Waals surface area contributed by atoms with Crippen LogP contribution in [0.15, 0.2) is 12.1 Å². The number of amides is 2. The highest BCUT2D eigenvalue weighted by atomic mass is 35.5. The molecule has 1 aromatic rings. The lowest BCUT2D eigenvalue weighted by Crippen LogP contribution is -2.57. The Hall–Kier alpha value is -1.31. The molecule has 0 atom stereocenters. The van der Waals surface area contributed by atoms with Crippen molar-refractivity contribution in [2.45, 2.75) is 44.8 Å². The van der Waals surface area contributed by atoms with Crippen molar-refractivity contribution in [2.75, 3.05) is 25.5 Å². The van der Waals surface area contributed by atoms with E-state index in [1.807, 2.05) is 51.8 Å². The second kappa shape index (κ2) is 7.51. The van der Waals surface area contributed by atoms with Crippen molar-refractivity contribution in [1.29, 1.82) is 0 Å². The maximum Gasteiger partial charge on any atom is 0.332 e. The molecule has 0 aromatic heterocycles. The van der Waals surface area contributed by atoms with Gasteiger partial charge in [0.2, 0.25) is 10.0 Å². The van der Waals surface area contributed by atoms with Crippen molar-refractivity contribution in [3.63, 3.8) is 0 Å². The molecule has 0 radical (unpaired) electrons. The fourth-order valence-corrected chi connectivity index (χ4v) is 4.51. The van der Waals surface area contributed by atoms with Crippen LogP contribution >= 0.6 is 11.6 Å². The molecule has 0 unspecified atom stereocenters. The minimum atomic E-state index is -3.68. The van der Waals surface area contributed by atoms with Gasteiger partial charge in [0.1, 0.15) is 5.25 Å². The first-order chi connectivity index (χ1) is 11.5. The lowest BCUT2D eigenvalue weighted by Gasteiger charge is -2.35. The fraction of sp³-hybridized carbons (Fsp3) is 0.588. The molecule has 1 aliphatic rings. The first kappa shape index (κ1) is 20.0. The number of carbonyl (C=O) groups is 1. The number of nitrogens with zero attached hydrogens (tertiary/aromatic N) is 1. The summed E-state index contributed by atoms with van der Waals surface area (Å²) in [4.78, 5) is 14.2. The average molecular weight is 388 g/mol. The average Bonchev–Trinajstić information content (AvgIpc) is 2.44. The molecule has 2 N–H and O–H groups in total. The monoisotopic (exact) mass is 387 g/mol. The number of anilines is 1. The molecule has 1 saturated heterocycles. The summed E-state index contributed by atoms with van der Waals surface area (Å²) >= 11 is 6.21. The van der Waals surface area contributed by atoms with E-state index in [0.29, 0.717) is 23.8 Å². The molecule has 0 spiro atoms. The summed E-state index contributed by atoms with van der Waals surface area (Å²) in [6.45, 7) is 8.86. The van der Waals surface area contributed by atoms with Gasteiger partial charge in [0.15, 0.2) is 0 Å². The number of sulfonamides is 1. The van der Waals surface area contributed by atoms with Crippen LogP contribution in [-0.2, 0) is 10.0 Å². The first-order valence-corrected chi connectivity index (χ1v) is 10.3. The summed E-state index contributed by atoms with van der Waals surface area (Å²) < 4.78 is 26.6. The number of halogens is 1. The summed E-state index contributed by atoms with van der Waals surface area (Å²) in [5.74, 6) is 0.256. The Morgan fingerprint density at radius 3 is 2.04 bits per heavy atom. The normalized spacial score (nSPS) is 16.2. The van der Waals surface area contributed by atoms with Gasteiger partial charge in [0, 0.05) is 23.8 Å². The van der Waals surface area contributed by atoms with Gasteiger partial charge < -0.3 is 10.2 Å². The molecule has 1 aliphatic heterocycles. The number of benzene rings is 1. The van der Waals surface area contributed by atoms with E-state index in [1.165, 1.54) is 0 Å². The van der Waals surface area contributed by atoms with Crippen LogP contribution < -0.4 is 10.0 Å². The first-order valence-electron chi connectivity index (χ1n) is 8.35. The predicted octanol–water partition coefficient (Wildman–Crippen LogP) is 3.35. The molecule has 140 valence electrons. The van der Waals surface area contributed by atoms with Crippen LogP contribution in [0.3, 0.4) is 0 Å². The molecule has 6 nitrogen and oxygen atoms in total. The van der Waals surface area contributed by atoms with Gasteiger partial charge >= 0.3 is 6.03 Å². The van der Waals surface area contributed by atoms with Crippen molar-refractivity contribution in [1.82, 2.24) is 9.62 Å². The molecule has 8 heteroatoms. The molecule has 2 rings (SSSR count). The zero-order valence-corrected chi connectivity index (χ0v) is 16.8. The molecule has 1 aromatic carbocycles. The van der Waals surface area contributed by atoms with Crippen molar-refractivity contribution in [2.24, 2.45) is 0 Å². The van der Waals surface area contributed by atoms with E-state index in [2.05, 4.69) is 10.0 Å². The van der Waals surface area contributed by atoms with Crippen LogP contribution in [0, 0.1) is 0 Å². The van der Waals surface area contributed by atoms with E-state index in [9.17, 15) is 13.2 Å². The van der Waals surface area contributed by atoms with Crippen LogP contribution in [0.5, 0.6) is 0 Å². The zero-order chi connectivity index (χ0) is 18.9. The molecular formula is C17H26ClN3O3S. The molecule has 2 amide bonds. The van der Waals surface area contributed by atoms with E-state index in [0.717, 1.165) is 11.1 Å². The third-order valence-corrected chi connectivity index (χ3v) is 6.22. The van der Waals surface area contributed by atoms with Crippen molar-refractivity contribution < 1.29 is 13.2 Å². The van der Waals surface area contributed by atoms with Crippen LogP contribution in [0.2, 0.25) is 5.02 Å². The number of hydrogen-bond donors (Lipinski definition) is 2. The number of hydrogen-bond acceptors (Lipinski definition) is 4. The number of likely N-dealkylation sites (tertiary alicyclic amines) is 1. The Labute approximate surface area is 155 Å². The third-order valence-electron chi connectivity index (χ3n) is 4.35. The maximum atomic E-state index is 12.3. The molecule has 0 saturated carbocycles. The van der Waals surface area contributed by atoms with Crippen LogP contribution in [0.4, 0.5) is 10.5 Å². The Balaban J connectivity index is 2.25. The molecule has 1 heterocycles. The summed E-state index contributed by atoms with van der Waals surface area (Å²) in [6, 6.07) is 2.88. The standard InChI is InChI=1S/C17H26ClN3O3S/c1-10(2)14-6-12(18)7-15(11(3)4)16(14)19-17(22)20-25(23,24)13-8-21(5)9-13/h6-7,10-11,13H,8-9H2,1-5H3,(H2,19,20,22). The van der Waals surface area contributed by atoms with Gasteiger partial charge in [-0.2, -0.15) is 0 Å². The second-order valence-electron chi connectivity index (χ2n) is 7.21. The van der Waals surface area contributed by atoms with Crippen LogP contribution in [0.1, 0.15) is 50.7 Å². The van der Waals surface area contributed by atoms with Gasteiger partial charge in [-0.15, -0.1) is 0 Å². The highest BCUT2D eigenvalue weighted by molar-refractivity contribution is 7.90. The minimum Gasteiger partial charge on any atom is -0.307 e. The highest BCUT2D eigenvalue weighted by Gasteiger charge is 2.36. The SMILES string of the molecule is CC(C)c1cc(Cl)cc(C(C)C)c1NC(=O)NS(=O)(=O)C1CN(C)C1. The largest absolute Gasteiger partial charge is 0.332 e. The van der Waals surface area contributed by atoms with Gasteiger partial charge in [0.25, 0.3) is 0 Å². The molecular weight excluding hydrogens is 362 g/mol. The maximum absolute atomic E-state index is 12.3. The minimum absolute atomic E-state index is 0.128. The Kier molecular flexibility index (Phi) is 6.01. The number of urea groups is 1. The van der Waals surface area contributed by atoms with Gasteiger partial charge in [-0.1, -0.05) is 39.3 Å². The summed E-state index contributed by atoms with van der Waals surface area (Å²) in [7, 11) is -1.84. The van der Waals surface area contributed by atoms with Gasteiger partial charge in [-0.05, 0) is 42.1 Å². The van der Waals surface area contributed by atoms with Gasteiger partial charge in [0.05, 0.1) is 0 Å². The number of carbonyl (C=O) groups excluding carboxylic acids is 1. The highest BCUT2D eigenvalue weighted by Crippen LogP contribution is 2.35.